The molecule has 1 N–H and O–H groups in total. The van der Waals surface area contributed by atoms with E-state index in [1.54, 1.807) is 23.6 Å². The molecular formula is C20H18N2O6S. The molecule has 0 bridgehead atoms. The Bertz CT molecular complexity index is 1000. The van der Waals surface area contributed by atoms with Crippen LogP contribution >= 0.6 is 11.3 Å². The van der Waals surface area contributed by atoms with E-state index >= 15 is 0 Å². The minimum Gasteiger partial charge on any atom is -0.496 e. The van der Waals surface area contributed by atoms with Crippen LogP contribution in [0.25, 0.3) is 6.08 Å². The number of anilines is 1. The van der Waals surface area contributed by atoms with E-state index in [-0.39, 0.29) is 22.7 Å². The molecule has 0 fully saturated rings. The average molecular weight is 414 g/mol. The number of carbonyl (C=O) groups excluding carboxylic acids is 3. The summed E-state index contributed by atoms with van der Waals surface area (Å²) in [7, 11) is 2.72. The van der Waals surface area contributed by atoms with Gasteiger partial charge in [-0.3, -0.25) is 9.59 Å². The van der Waals surface area contributed by atoms with Crippen LogP contribution < -0.4 is 10.1 Å². The zero-order chi connectivity index (χ0) is 21.4. The van der Waals surface area contributed by atoms with Crippen molar-refractivity contribution >= 4 is 40.3 Å². The summed E-state index contributed by atoms with van der Waals surface area (Å²) in [6, 6.07) is 8.32. The quantitative estimate of drug-likeness (QED) is 0.420. The number of benzene rings is 1. The fourth-order valence-electron chi connectivity index (χ4n) is 2.34. The molecule has 1 aromatic heterocycles. The number of methoxy groups -OCH3 is 2. The molecule has 1 heterocycles. The first kappa shape index (κ1) is 21.7. The summed E-state index contributed by atoms with van der Waals surface area (Å²) in [6.45, 7) is 1.29. The number of ether oxygens (including phenoxy) is 3. The number of rotatable bonds is 7. The third-order valence-electron chi connectivity index (χ3n) is 3.71. The first-order valence-electron chi connectivity index (χ1n) is 8.28. The van der Waals surface area contributed by atoms with Gasteiger partial charge in [-0.25, -0.2) is 4.79 Å². The molecule has 0 aliphatic carbocycles. The Morgan fingerprint density at radius 1 is 1.24 bits per heavy atom. The lowest BCUT2D eigenvalue weighted by Gasteiger charge is -2.10. The van der Waals surface area contributed by atoms with Crippen LogP contribution in [0.2, 0.25) is 0 Å². The Balaban J connectivity index is 2.27. The highest BCUT2D eigenvalue weighted by Crippen LogP contribution is 2.25. The standard InChI is InChI=1S/C20H18N2O6S/c1-12(23)28-11-15-9-13(4-5-17(15)26-2)8-14(10-21)18(24)22-19-16(6-7-29-19)20(25)27-3/h4-9H,11H2,1-3H3,(H,22,24)/b14-8+. The minimum atomic E-state index is -0.669. The van der Waals surface area contributed by atoms with Crippen molar-refractivity contribution in [1.82, 2.24) is 0 Å². The van der Waals surface area contributed by atoms with Crippen molar-refractivity contribution in [2.75, 3.05) is 19.5 Å². The van der Waals surface area contributed by atoms with Crippen LogP contribution in [0.5, 0.6) is 5.75 Å². The second-order valence-corrected chi connectivity index (χ2v) is 6.55. The molecule has 0 radical (unpaired) electrons. The third-order valence-corrected chi connectivity index (χ3v) is 4.54. The molecule has 1 aromatic carbocycles. The number of amides is 1. The molecule has 9 heteroatoms. The van der Waals surface area contributed by atoms with Gasteiger partial charge >= 0.3 is 11.9 Å². The van der Waals surface area contributed by atoms with E-state index in [9.17, 15) is 19.6 Å². The Morgan fingerprint density at radius 3 is 2.62 bits per heavy atom. The van der Waals surface area contributed by atoms with E-state index in [0.717, 1.165) is 11.3 Å². The second-order valence-electron chi connectivity index (χ2n) is 5.63. The maximum absolute atomic E-state index is 12.5. The van der Waals surface area contributed by atoms with Gasteiger partial charge in [-0.15, -0.1) is 11.3 Å². The highest BCUT2D eigenvalue weighted by Gasteiger charge is 2.18. The highest BCUT2D eigenvalue weighted by molar-refractivity contribution is 7.14. The highest BCUT2D eigenvalue weighted by atomic mass is 32.1. The van der Waals surface area contributed by atoms with E-state index in [1.807, 2.05) is 6.07 Å². The Kier molecular flexibility index (Phi) is 7.51. The lowest BCUT2D eigenvalue weighted by molar-refractivity contribution is -0.142. The lowest BCUT2D eigenvalue weighted by atomic mass is 10.1. The van der Waals surface area contributed by atoms with Crippen molar-refractivity contribution in [3.8, 4) is 11.8 Å². The van der Waals surface area contributed by atoms with Crippen LogP contribution in [0.1, 0.15) is 28.4 Å². The summed E-state index contributed by atoms with van der Waals surface area (Å²) in [5.74, 6) is -1.19. The molecule has 0 spiro atoms. The maximum atomic E-state index is 12.5. The van der Waals surface area contributed by atoms with Crippen molar-refractivity contribution < 1.29 is 28.6 Å². The molecule has 2 rings (SSSR count). The van der Waals surface area contributed by atoms with Crippen molar-refractivity contribution in [3.05, 3.63) is 51.9 Å². The van der Waals surface area contributed by atoms with E-state index in [2.05, 4.69) is 10.1 Å². The second kappa shape index (κ2) is 10.1. The van der Waals surface area contributed by atoms with Gasteiger partial charge in [-0.1, -0.05) is 6.07 Å². The fraction of sp³-hybridized carbons (Fsp3) is 0.200. The van der Waals surface area contributed by atoms with Crippen LogP contribution in [0, 0.1) is 11.3 Å². The topological polar surface area (TPSA) is 115 Å². The van der Waals surface area contributed by atoms with E-state index in [1.165, 1.54) is 33.3 Å². The summed E-state index contributed by atoms with van der Waals surface area (Å²) >= 11 is 1.14. The van der Waals surface area contributed by atoms with Gasteiger partial charge in [0.1, 0.15) is 29.0 Å². The molecule has 1 amide bonds. The zero-order valence-electron chi connectivity index (χ0n) is 16.0. The number of nitriles is 1. The van der Waals surface area contributed by atoms with Gasteiger partial charge in [-0.05, 0) is 35.2 Å². The number of hydrogen-bond acceptors (Lipinski definition) is 8. The monoisotopic (exact) mass is 414 g/mol. The van der Waals surface area contributed by atoms with Gasteiger partial charge in [0.2, 0.25) is 0 Å². The first-order valence-corrected chi connectivity index (χ1v) is 9.16. The number of hydrogen-bond donors (Lipinski definition) is 1. The summed E-state index contributed by atoms with van der Waals surface area (Å²) in [5.41, 5.74) is 1.16. The van der Waals surface area contributed by atoms with Gasteiger partial charge in [0.05, 0.1) is 19.8 Å². The minimum absolute atomic E-state index is 0.00798. The number of esters is 2. The number of thiophene rings is 1. The Hall–Kier alpha value is -3.64. The van der Waals surface area contributed by atoms with Crippen LogP contribution in [-0.2, 0) is 25.7 Å². The molecule has 29 heavy (non-hydrogen) atoms. The molecule has 2 aromatic rings. The predicted octanol–water partition coefficient (Wildman–Crippen LogP) is 3.15. The normalized spacial score (nSPS) is 10.6. The van der Waals surface area contributed by atoms with Crippen LogP contribution in [0.3, 0.4) is 0 Å². The molecule has 0 saturated heterocycles. The Morgan fingerprint density at radius 2 is 2.00 bits per heavy atom. The van der Waals surface area contributed by atoms with Crippen LogP contribution in [-0.4, -0.2) is 32.1 Å². The molecule has 8 nitrogen and oxygen atoms in total. The van der Waals surface area contributed by atoms with Crippen molar-refractivity contribution in [2.24, 2.45) is 0 Å². The molecule has 0 atom stereocenters. The Labute approximate surface area is 171 Å². The van der Waals surface area contributed by atoms with Gasteiger partial charge < -0.3 is 19.5 Å². The van der Waals surface area contributed by atoms with Crippen molar-refractivity contribution in [1.29, 1.82) is 5.26 Å². The molecule has 0 saturated carbocycles. The van der Waals surface area contributed by atoms with Gasteiger partial charge in [0, 0.05) is 12.5 Å². The number of nitrogens with zero attached hydrogens (tertiary/aromatic N) is 1. The smallest absolute Gasteiger partial charge is 0.340 e. The number of nitrogens with one attached hydrogen (secondary N) is 1. The van der Waals surface area contributed by atoms with Gasteiger partial charge in [0.15, 0.2) is 0 Å². The number of carbonyl (C=O) groups is 3. The maximum Gasteiger partial charge on any atom is 0.340 e. The lowest BCUT2D eigenvalue weighted by Crippen LogP contribution is -2.15. The average Bonchev–Trinajstić information content (AvgIpc) is 3.17. The fourth-order valence-corrected chi connectivity index (χ4v) is 3.11. The third kappa shape index (κ3) is 5.67. The van der Waals surface area contributed by atoms with E-state index < -0.39 is 17.8 Å². The molecule has 0 aliphatic heterocycles. The molecule has 0 unspecified atom stereocenters. The van der Waals surface area contributed by atoms with Crippen molar-refractivity contribution in [2.45, 2.75) is 13.5 Å². The molecule has 0 aliphatic rings. The summed E-state index contributed by atoms with van der Waals surface area (Å²) in [6.07, 6.45) is 1.39. The van der Waals surface area contributed by atoms with Gasteiger partial charge in [0.25, 0.3) is 5.91 Å². The van der Waals surface area contributed by atoms with Crippen molar-refractivity contribution in [3.63, 3.8) is 0 Å². The van der Waals surface area contributed by atoms with Crippen LogP contribution in [0.4, 0.5) is 5.00 Å². The van der Waals surface area contributed by atoms with E-state index in [0.29, 0.717) is 16.9 Å². The predicted molar refractivity (Wildman–Crippen MR) is 106 cm³/mol. The van der Waals surface area contributed by atoms with E-state index in [4.69, 9.17) is 9.47 Å². The SMILES string of the molecule is COC(=O)c1ccsc1NC(=O)/C(C#N)=C/c1ccc(OC)c(COC(C)=O)c1. The first-order chi connectivity index (χ1) is 13.9. The molecule has 150 valence electrons. The summed E-state index contributed by atoms with van der Waals surface area (Å²) < 4.78 is 14.9. The summed E-state index contributed by atoms with van der Waals surface area (Å²) in [4.78, 5) is 35.3. The van der Waals surface area contributed by atoms with Crippen LogP contribution in [0.15, 0.2) is 35.2 Å². The largest absolute Gasteiger partial charge is 0.496 e. The molecular weight excluding hydrogens is 396 g/mol. The zero-order valence-corrected chi connectivity index (χ0v) is 16.8. The van der Waals surface area contributed by atoms with Gasteiger partial charge in [-0.2, -0.15) is 5.26 Å². The summed E-state index contributed by atoms with van der Waals surface area (Å²) in [5, 5.41) is 13.9.